The first-order valence-electron chi connectivity index (χ1n) is 6.07. The van der Waals surface area contributed by atoms with Crippen LogP contribution in [-0.4, -0.2) is 38.7 Å². The number of carbonyl (C=O) groups excluding carboxylic acids is 2. The van der Waals surface area contributed by atoms with E-state index in [2.05, 4.69) is 10.1 Å². The summed E-state index contributed by atoms with van der Waals surface area (Å²) in [5.41, 5.74) is 0.422. The molecule has 1 atom stereocenters. The molecule has 0 bridgehead atoms. The Hall–Kier alpha value is -2.75. The molecule has 112 valence electrons. The van der Waals surface area contributed by atoms with Crippen LogP contribution in [0.2, 0.25) is 0 Å². The van der Waals surface area contributed by atoms with Crippen LogP contribution < -0.4 is 14.8 Å². The van der Waals surface area contributed by atoms with Crippen LogP contribution in [-0.2, 0) is 14.3 Å². The lowest BCUT2D eigenvalue weighted by atomic mass is 10.2. The predicted molar refractivity (Wildman–Crippen MR) is 72.8 cm³/mol. The number of methoxy groups -OCH3 is 2. The second kappa shape index (κ2) is 7.75. The van der Waals surface area contributed by atoms with Crippen molar-refractivity contribution in [3.8, 4) is 17.6 Å². The monoisotopic (exact) mass is 292 g/mol. The number of carbonyl (C=O) groups is 2. The number of hydrogen-bond donors (Lipinski definition) is 1. The molecule has 7 heteroatoms. The van der Waals surface area contributed by atoms with E-state index < -0.39 is 12.0 Å². The van der Waals surface area contributed by atoms with Crippen molar-refractivity contribution in [3.63, 3.8) is 0 Å². The van der Waals surface area contributed by atoms with Crippen molar-refractivity contribution >= 4 is 11.9 Å². The molecule has 21 heavy (non-hydrogen) atoms. The minimum atomic E-state index is -0.923. The maximum absolute atomic E-state index is 11.5. The smallest absolute Gasteiger partial charge is 0.331 e. The first kappa shape index (κ1) is 16.3. The second-order valence-corrected chi connectivity index (χ2v) is 4.06. The fourth-order valence-electron chi connectivity index (χ4n) is 1.59. The van der Waals surface area contributed by atoms with Crippen LogP contribution in [0.1, 0.15) is 12.5 Å². The highest BCUT2D eigenvalue weighted by atomic mass is 16.5. The van der Waals surface area contributed by atoms with E-state index in [9.17, 15) is 9.59 Å². The van der Waals surface area contributed by atoms with Gasteiger partial charge in [0.25, 0.3) is 0 Å². The van der Waals surface area contributed by atoms with Crippen LogP contribution in [0.25, 0.3) is 0 Å². The van der Waals surface area contributed by atoms with Crippen molar-refractivity contribution in [2.75, 3.05) is 20.8 Å². The van der Waals surface area contributed by atoms with Gasteiger partial charge in [-0.1, -0.05) is 0 Å². The van der Waals surface area contributed by atoms with Crippen LogP contribution in [0.3, 0.4) is 0 Å². The summed E-state index contributed by atoms with van der Waals surface area (Å²) in [6.07, 6.45) is 0. The molecule has 0 fully saturated rings. The Morgan fingerprint density at radius 3 is 2.57 bits per heavy atom. The zero-order valence-electron chi connectivity index (χ0n) is 12.0. The molecule has 1 N–H and O–H groups in total. The molecule has 1 amide bonds. The summed E-state index contributed by atoms with van der Waals surface area (Å²) in [5, 5.41) is 11.2. The quantitative estimate of drug-likeness (QED) is 0.772. The molecule has 1 unspecified atom stereocenters. The van der Waals surface area contributed by atoms with Crippen molar-refractivity contribution in [1.82, 2.24) is 5.32 Å². The molecular weight excluding hydrogens is 276 g/mol. The fraction of sp³-hybridized carbons (Fsp3) is 0.357. The van der Waals surface area contributed by atoms with E-state index in [-0.39, 0.29) is 12.5 Å². The molecule has 0 spiro atoms. The molecule has 0 saturated heterocycles. The largest absolute Gasteiger partial charge is 0.493 e. The molecule has 1 aromatic rings. The molecule has 7 nitrogen and oxygen atoms in total. The van der Waals surface area contributed by atoms with Gasteiger partial charge in [0.1, 0.15) is 6.61 Å². The van der Waals surface area contributed by atoms with E-state index in [0.29, 0.717) is 17.1 Å². The van der Waals surface area contributed by atoms with Gasteiger partial charge < -0.3 is 19.5 Å². The zero-order valence-corrected chi connectivity index (χ0v) is 12.0. The van der Waals surface area contributed by atoms with E-state index in [0.717, 1.165) is 0 Å². The Kier molecular flexibility index (Phi) is 6.01. The lowest BCUT2D eigenvalue weighted by molar-refractivity contribution is -0.145. The summed E-state index contributed by atoms with van der Waals surface area (Å²) in [6, 6.07) is 5.69. The average molecular weight is 292 g/mol. The zero-order chi connectivity index (χ0) is 15.8. The number of nitriles is 1. The van der Waals surface area contributed by atoms with Gasteiger partial charge in [0.05, 0.1) is 25.9 Å². The molecule has 0 aliphatic heterocycles. The van der Waals surface area contributed by atoms with Gasteiger partial charge in [-0.15, -0.1) is 0 Å². The highest BCUT2D eigenvalue weighted by Gasteiger charge is 2.21. The molecule has 0 heterocycles. The van der Waals surface area contributed by atoms with Crippen molar-refractivity contribution in [3.05, 3.63) is 23.8 Å². The van der Waals surface area contributed by atoms with E-state index >= 15 is 0 Å². The van der Waals surface area contributed by atoms with E-state index in [4.69, 9.17) is 14.7 Å². The minimum Gasteiger partial charge on any atom is -0.493 e. The molecule has 0 radical (unpaired) electrons. The third-order valence-electron chi connectivity index (χ3n) is 2.56. The van der Waals surface area contributed by atoms with Gasteiger partial charge in [-0.05, 0) is 12.1 Å². The molecule has 0 aliphatic carbocycles. The van der Waals surface area contributed by atoms with Gasteiger partial charge in [-0.25, -0.2) is 4.79 Å². The first-order valence-corrected chi connectivity index (χ1v) is 6.07. The maximum atomic E-state index is 11.5. The van der Waals surface area contributed by atoms with Crippen LogP contribution in [0.15, 0.2) is 18.2 Å². The van der Waals surface area contributed by atoms with Crippen LogP contribution >= 0.6 is 0 Å². The topological polar surface area (TPSA) is 97.7 Å². The van der Waals surface area contributed by atoms with Crippen molar-refractivity contribution in [2.24, 2.45) is 0 Å². The number of nitrogens with one attached hydrogen (secondary N) is 1. The number of amides is 1. The standard InChI is InChI=1S/C14H16N2O5/c1-9(17)16-11(14(18)20-3)8-21-12-5-4-10(7-15)6-13(12)19-2/h4-6,11H,8H2,1-3H3,(H,16,17). The summed E-state index contributed by atoms with van der Waals surface area (Å²) in [4.78, 5) is 22.6. The van der Waals surface area contributed by atoms with Crippen LogP contribution in [0, 0.1) is 11.3 Å². The molecule has 1 aromatic carbocycles. The SMILES string of the molecule is COC(=O)C(COc1ccc(C#N)cc1OC)NC(C)=O. The van der Waals surface area contributed by atoms with Gasteiger partial charge in [0.2, 0.25) is 5.91 Å². The summed E-state index contributed by atoms with van der Waals surface area (Å²) in [6.45, 7) is 1.17. The number of hydrogen-bond acceptors (Lipinski definition) is 6. The lowest BCUT2D eigenvalue weighted by Gasteiger charge is -2.17. The first-order chi connectivity index (χ1) is 10.0. The van der Waals surface area contributed by atoms with Gasteiger partial charge >= 0.3 is 5.97 Å². The molecule has 0 saturated carbocycles. The number of nitrogens with zero attached hydrogens (tertiary/aromatic N) is 1. The Bertz CT molecular complexity index is 565. The van der Waals surface area contributed by atoms with Crippen molar-refractivity contribution < 1.29 is 23.8 Å². The van der Waals surface area contributed by atoms with Crippen LogP contribution in [0.5, 0.6) is 11.5 Å². The van der Waals surface area contributed by atoms with E-state index in [1.807, 2.05) is 6.07 Å². The maximum Gasteiger partial charge on any atom is 0.331 e. The van der Waals surface area contributed by atoms with E-state index in [1.54, 1.807) is 12.1 Å². The van der Waals surface area contributed by atoms with Crippen molar-refractivity contribution in [2.45, 2.75) is 13.0 Å². The summed E-state index contributed by atoms with van der Waals surface area (Å²) >= 11 is 0. The van der Waals surface area contributed by atoms with Crippen LogP contribution in [0.4, 0.5) is 0 Å². The summed E-state index contributed by atoms with van der Waals surface area (Å²) in [7, 11) is 2.66. The lowest BCUT2D eigenvalue weighted by Crippen LogP contribution is -2.44. The summed E-state index contributed by atoms with van der Waals surface area (Å²) < 4.78 is 15.2. The van der Waals surface area contributed by atoms with Gasteiger partial charge in [-0.3, -0.25) is 4.79 Å². The normalized spacial score (nSPS) is 11.0. The highest BCUT2D eigenvalue weighted by Crippen LogP contribution is 2.27. The number of benzene rings is 1. The Labute approximate surface area is 122 Å². The third kappa shape index (κ3) is 4.69. The second-order valence-electron chi connectivity index (χ2n) is 4.06. The van der Waals surface area contributed by atoms with Gasteiger partial charge in [-0.2, -0.15) is 5.26 Å². The third-order valence-corrected chi connectivity index (χ3v) is 2.56. The molecular formula is C14H16N2O5. The highest BCUT2D eigenvalue weighted by molar-refractivity contribution is 5.83. The Balaban J connectivity index is 2.82. The number of rotatable bonds is 6. The Morgan fingerprint density at radius 1 is 1.33 bits per heavy atom. The molecule has 0 aromatic heterocycles. The number of esters is 1. The van der Waals surface area contributed by atoms with Crippen molar-refractivity contribution in [1.29, 1.82) is 5.26 Å². The van der Waals surface area contributed by atoms with E-state index in [1.165, 1.54) is 27.2 Å². The number of ether oxygens (including phenoxy) is 3. The average Bonchev–Trinajstić information content (AvgIpc) is 2.49. The van der Waals surface area contributed by atoms with Gasteiger partial charge in [0, 0.05) is 13.0 Å². The fourth-order valence-corrected chi connectivity index (χ4v) is 1.59. The minimum absolute atomic E-state index is 0.117. The summed E-state index contributed by atoms with van der Waals surface area (Å²) in [5.74, 6) is -0.269. The predicted octanol–water partition coefficient (Wildman–Crippen LogP) is 0.623. The Morgan fingerprint density at radius 2 is 2.05 bits per heavy atom. The molecule has 1 rings (SSSR count). The van der Waals surface area contributed by atoms with Gasteiger partial charge in [0.15, 0.2) is 17.5 Å². The molecule has 0 aliphatic rings.